The van der Waals surface area contributed by atoms with Gasteiger partial charge in [-0.25, -0.2) is 0 Å². The molecule has 0 aromatic carbocycles. The van der Waals surface area contributed by atoms with Crippen LogP contribution < -0.4 is 22.5 Å². The van der Waals surface area contributed by atoms with Gasteiger partial charge >= 0.3 is 0 Å². The summed E-state index contributed by atoms with van der Waals surface area (Å²) in [5.41, 5.74) is 0. The maximum atomic E-state index is 10.4. The van der Waals surface area contributed by atoms with Gasteiger partial charge in [0.15, 0.2) is 0 Å². The molecule has 0 radical (unpaired) electrons. The van der Waals surface area contributed by atoms with Gasteiger partial charge in [-0.15, -0.1) is 0 Å². The fourth-order valence-corrected chi connectivity index (χ4v) is 1.62. The summed E-state index contributed by atoms with van der Waals surface area (Å²) in [7, 11) is 0. The van der Waals surface area contributed by atoms with E-state index in [1.165, 1.54) is 0 Å². The second-order valence-electron chi connectivity index (χ2n) is 3.20. The lowest BCUT2D eigenvalue weighted by Gasteiger charge is -2.29. The van der Waals surface area contributed by atoms with Crippen LogP contribution >= 0.6 is 0 Å². The molecule has 6 nitrogen and oxygen atoms in total. The van der Waals surface area contributed by atoms with E-state index in [4.69, 9.17) is 0 Å². The zero-order valence-corrected chi connectivity index (χ0v) is 8.62. The number of carboxylic acid groups (broad SMARTS) is 2. The molecule has 2 unspecified atom stereocenters. The topological polar surface area (TPSA) is 153 Å². The number of hydrogen-bond donors (Lipinski definition) is 2. The van der Waals surface area contributed by atoms with E-state index in [0.29, 0.717) is 19.3 Å². The average Bonchev–Trinajstić information content (AvgIpc) is 2.04. The van der Waals surface area contributed by atoms with Crippen molar-refractivity contribution >= 4 is 11.9 Å². The van der Waals surface area contributed by atoms with E-state index in [-0.39, 0.29) is 18.7 Å². The molecule has 84 valence electrons. The lowest BCUT2D eigenvalue weighted by Crippen LogP contribution is -2.40. The van der Waals surface area contributed by atoms with Gasteiger partial charge in [0.05, 0.1) is 0 Å². The molecule has 8 N–H and O–H groups in total. The van der Waals surface area contributed by atoms with Crippen LogP contribution in [-0.4, -0.2) is 11.9 Å². The highest BCUT2D eigenvalue weighted by Crippen LogP contribution is 2.28. The first-order valence-corrected chi connectivity index (χ1v) is 4.03. The monoisotopic (exact) mass is 206 g/mol. The van der Waals surface area contributed by atoms with Gasteiger partial charge in [-0.05, 0) is 31.1 Å². The predicted molar refractivity (Wildman–Crippen MR) is 47.4 cm³/mol. The van der Waals surface area contributed by atoms with Gasteiger partial charge in [0.2, 0.25) is 0 Å². The third-order valence-electron chi connectivity index (χ3n) is 2.34. The van der Waals surface area contributed by atoms with Gasteiger partial charge in [0.25, 0.3) is 0 Å². The first-order valence-electron chi connectivity index (χ1n) is 4.03. The largest absolute Gasteiger partial charge is 0.550 e. The minimum Gasteiger partial charge on any atom is -0.550 e. The Morgan fingerprint density at radius 1 is 0.929 bits per heavy atom. The summed E-state index contributed by atoms with van der Waals surface area (Å²) in [6, 6.07) is 0. The Hall–Kier alpha value is -1.14. The van der Waals surface area contributed by atoms with Crippen molar-refractivity contribution in [3.05, 3.63) is 0 Å². The first-order chi connectivity index (χ1) is 5.61. The molecule has 0 aliphatic heterocycles. The number of hydrogen-bond acceptors (Lipinski definition) is 4. The highest BCUT2D eigenvalue weighted by atomic mass is 16.4. The molecule has 1 rings (SSSR count). The summed E-state index contributed by atoms with van der Waals surface area (Å²) in [4.78, 5) is 20.8. The Balaban J connectivity index is 0. The van der Waals surface area contributed by atoms with Crippen molar-refractivity contribution < 1.29 is 19.8 Å². The number of aliphatic carboxylic acids is 2. The summed E-state index contributed by atoms with van der Waals surface area (Å²) in [5, 5.41) is 20.8. The van der Waals surface area contributed by atoms with Crippen LogP contribution in [0.3, 0.4) is 0 Å². The van der Waals surface area contributed by atoms with Crippen LogP contribution in [0.1, 0.15) is 25.7 Å². The quantitative estimate of drug-likeness (QED) is 0.597. The zero-order valence-electron chi connectivity index (χ0n) is 8.62. The van der Waals surface area contributed by atoms with Crippen LogP contribution in [0.2, 0.25) is 0 Å². The minimum absolute atomic E-state index is 0. The average molecular weight is 206 g/mol. The third-order valence-corrected chi connectivity index (χ3v) is 2.34. The van der Waals surface area contributed by atoms with Crippen molar-refractivity contribution in [2.24, 2.45) is 11.8 Å². The molecule has 0 spiro atoms. The van der Waals surface area contributed by atoms with Crippen molar-refractivity contribution in [1.29, 1.82) is 0 Å². The fraction of sp³-hybridized carbons (Fsp3) is 0.750. The fourth-order valence-electron chi connectivity index (χ4n) is 1.62. The molecule has 1 aliphatic carbocycles. The van der Waals surface area contributed by atoms with Crippen LogP contribution in [0.4, 0.5) is 0 Å². The molecule has 1 aliphatic rings. The highest BCUT2D eigenvalue weighted by molar-refractivity contribution is 5.72. The van der Waals surface area contributed by atoms with Crippen molar-refractivity contribution in [2.75, 3.05) is 0 Å². The lowest BCUT2D eigenvalue weighted by atomic mass is 9.81. The van der Waals surface area contributed by atoms with Gasteiger partial charge < -0.3 is 32.1 Å². The smallest absolute Gasteiger partial charge is 0.0445 e. The van der Waals surface area contributed by atoms with Gasteiger partial charge in [0, 0.05) is 11.9 Å². The molecule has 0 aromatic heterocycles. The number of carbonyl (C=O) groups excluding carboxylic acids is 2. The van der Waals surface area contributed by atoms with Crippen molar-refractivity contribution in [3.8, 4) is 0 Å². The summed E-state index contributed by atoms with van der Waals surface area (Å²) >= 11 is 0. The molecular formula is C8H18N2O4. The maximum absolute atomic E-state index is 10.4. The molecule has 0 bridgehead atoms. The SMILES string of the molecule is O=C([O-])C1CCCC(C(=O)[O-])C1.[NH4+].[NH4+]. The van der Waals surface area contributed by atoms with Crippen molar-refractivity contribution in [2.45, 2.75) is 25.7 Å². The first kappa shape index (κ1) is 15.3. The number of quaternary nitrogens is 2. The Bertz CT molecular complexity index is 188. The summed E-state index contributed by atoms with van der Waals surface area (Å²) in [5.74, 6) is -3.47. The van der Waals surface area contributed by atoms with E-state index in [2.05, 4.69) is 0 Å². The highest BCUT2D eigenvalue weighted by Gasteiger charge is 2.23. The van der Waals surface area contributed by atoms with Crippen LogP contribution in [0.15, 0.2) is 0 Å². The molecular weight excluding hydrogens is 188 g/mol. The minimum atomic E-state index is -1.14. The maximum Gasteiger partial charge on any atom is 0.0445 e. The zero-order chi connectivity index (χ0) is 9.14. The molecule has 1 fully saturated rings. The molecule has 0 heterocycles. The Morgan fingerprint density at radius 3 is 1.57 bits per heavy atom. The molecule has 2 atom stereocenters. The summed E-state index contributed by atoms with van der Waals surface area (Å²) in [6.07, 6.45) is 1.88. The van der Waals surface area contributed by atoms with E-state index in [9.17, 15) is 19.8 Å². The Morgan fingerprint density at radius 2 is 1.29 bits per heavy atom. The summed E-state index contributed by atoms with van der Waals surface area (Å²) < 4.78 is 0. The molecule has 0 aromatic rings. The van der Waals surface area contributed by atoms with Gasteiger partial charge in [-0.3, -0.25) is 0 Å². The molecule has 0 saturated heterocycles. The molecule has 14 heavy (non-hydrogen) atoms. The lowest BCUT2D eigenvalue weighted by molar-refractivity contribution is -0.317. The predicted octanol–water partition coefficient (Wildman–Crippen LogP) is -0.955. The van der Waals surface area contributed by atoms with Gasteiger partial charge in [-0.1, -0.05) is 6.42 Å². The molecule has 0 amide bonds. The standard InChI is InChI=1S/C8H12O4.2H3N/c9-7(10)5-2-1-3-6(4-5)8(11)12;;/h5-6H,1-4H2,(H,9,10)(H,11,12);2*1H3. The van der Waals surface area contributed by atoms with E-state index < -0.39 is 23.8 Å². The Labute approximate surface area is 82.5 Å². The molecule has 1 saturated carbocycles. The third kappa shape index (κ3) is 3.71. The number of carbonyl (C=O) groups is 2. The van der Waals surface area contributed by atoms with Crippen LogP contribution in [0.5, 0.6) is 0 Å². The van der Waals surface area contributed by atoms with E-state index in [1.807, 2.05) is 0 Å². The Kier molecular flexibility index (Phi) is 6.94. The van der Waals surface area contributed by atoms with E-state index in [1.54, 1.807) is 0 Å². The number of rotatable bonds is 2. The van der Waals surface area contributed by atoms with Gasteiger partial charge in [0.1, 0.15) is 0 Å². The summed E-state index contributed by atoms with van der Waals surface area (Å²) in [6.45, 7) is 0. The van der Waals surface area contributed by atoms with Crippen LogP contribution in [0, 0.1) is 11.8 Å². The second-order valence-corrected chi connectivity index (χ2v) is 3.20. The normalized spacial score (nSPS) is 25.4. The van der Waals surface area contributed by atoms with Crippen molar-refractivity contribution in [3.63, 3.8) is 0 Å². The van der Waals surface area contributed by atoms with E-state index in [0.717, 1.165) is 0 Å². The van der Waals surface area contributed by atoms with Crippen molar-refractivity contribution in [1.82, 2.24) is 12.3 Å². The number of carboxylic acids is 2. The van der Waals surface area contributed by atoms with Crippen LogP contribution in [-0.2, 0) is 9.59 Å². The van der Waals surface area contributed by atoms with E-state index >= 15 is 0 Å². The second kappa shape index (κ2) is 6.33. The van der Waals surface area contributed by atoms with Gasteiger partial charge in [-0.2, -0.15) is 0 Å². The molecule has 6 heteroatoms. The van der Waals surface area contributed by atoms with Crippen LogP contribution in [0.25, 0.3) is 0 Å².